The van der Waals surface area contributed by atoms with Crippen LogP contribution >= 0.6 is 0 Å². The van der Waals surface area contributed by atoms with Gasteiger partial charge in [0, 0.05) is 11.3 Å². The Balaban J connectivity index is 0.00000484. The molecule has 118 valence electrons. The molecule has 12 nitrogen and oxygen atoms in total. The van der Waals surface area contributed by atoms with Gasteiger partial charge in [0.15, 0.2) is 5.41 Å². The van der Waals surface area contributed by atoms with Crippen molar-refractivity contribution in [1.29, 1.82) is 0 Å². The second-order valence-corrected chi connectivity index (χ2v) is 4.47. The minimum atomic E-state index is -2.98. The molecule has 0 aromatic rings. The predicted molar refractivity (Wildman–Crippen MR) is 63.7 cm³/mol. The Morgan fingerprint density at radius 2 is 1.48 bits per heavy atom. The van der Waals surface area contributed by atoms with Crippen LogP contribution in [-0.2, 0) is 9.59 Å². The fourth-order valence-corrected chi connectivity index (χ4v) is 2.18. The number of carboxylic acid groups (broad SMARTS) is 1. The first-order valence-corrected chi connectivity index (χ1v) is 5.61. The molecule has 0 fully saturated rings. The summed E-state index contributed by atoms with van der Waals surface area (Å²) in [4.78, 5) is 51.8. The number of carboxylic acids is 1. The number of ketones is 1. The van der Waals surface area contributed by atoms with Crippen molar-refractivity contribution in [2.24, 2.45) is 5.41 Å². The van der Waals surface area contributed by atoms with Crippen molar-refractivity contribution in [1.82, 2.24) is 0 Å². The molecule has 0 atom stereocenters. The number of carbonyl (C=O) groups is 2. The molecule has 0 saturated carbocycles. The summed E-state index contributed by atoms with van der Waals surface area (Å²) in [6.07, 6.45) is -0.420. The number of Topliss-reactive ketones (excluding diaryl/α,β-unsaturated/α-hetero) is 1. The molecule has 0 bridgehead atoms. The zero-order chi connectivity index (χ0) is 17.2. The molecule has 0 unspecified atom stereocenters. The average molecular weight is 353 g/mol. The van der Waals surface area contributed by atoms with E-state index >= 15 is 0 Å². The maximum Gasteiger partial charge on any atom is 1.00 e. The third-order valence-corrected chi connectivity index (χ3v) is 3.03. The largest absolute Gasteiger partial charge is 1.00 e. The van der Waals surface area contributed by atoms with E-state index in [0.29, 0.717) is 12.2 Å². The van der Waals surface area contributed by atoms with Crippen LogP contribution in [0.5, 0.6) is 0 Å². The quantitative estimate of drug-likeness (QED) is 0.258. The first-order chi connectivity index (χ1) is 10.0. The van der Waals surface area contributed by atoms with Crippen molar-refractivity contribution in [3.63, 3.8) is 0 Å². The number of hydrogen-bond acceptors (Lipinski definition) is 9. The van der Waals surface area contributed by atoms with E-state index < -0.39 is 55.8 Å². The van der Waals surface area contributed by atoms with E-state index in [0.717, 1.165) is 6.92 Å². The van der Waals surface area contributed by atoms with Crippen molar-refractivity contribution in [2.75, 3.05) is 0 Å². The first-order valence-electron chi connectivity index (χ1n) is 5.61. The van der Waals surface area contributed by atoms with E-state index in [1.165, 1.54) is 0 Å². The fraction of sp³-hybridized carbons (Fsp3) is 0.400. The molecule has 0 N–H and O–H groups in total. The maximum absolute atomic E-state index is 11.4. The van der Waals surface area contributed by atoms with Crippen LogP contribution in [0, 0.1) is 35.8 Å². The van der Waals surface area contributed by atoms with Crippen LogP contribution in [0.3, 0.4) is 0 Å². The van der Waals surface area contributed by atoms with Crippen molar-refractivity contribution in [3.05, 3.63) is 53.9 Å². The van der Waals surface area contributed by atoms with Crippen LogP contribution in [-0.4, -0.2) is 32.6 Å². The zero-order valence-corrected chi connectivity index (χ0v) is 15.1. The van der Waals surface area contributed by atoms with Crippen LogP contribution in [0.4, 0.5) is 0 Å². The van der Waals surface area contributed by atoms with Gasteiger partial charge in [0.2, 0.25) is 0 Å². The summed E-state index contributed by atoms with van der Waals surface area (Å²) in [5, 5.41) is 44.2. The van der Waals surface area contributed by atoms with Crippen molar-refractivity contribution in [3.8, 4) is 0 Å². The summed E-state index contributed by atoms with van der Waals surface area (Å²) in [6, 6.07) is -1.96. The zero-order valence-electron chi connectivity index (χ0n) is 12.0. The standard InChI is InChI=1S/C10H9N3O9.K/c1-5(14)4-10(9(15)16)7(12(19)20)2-6(11(17)18)3-8(10)13(21)22;/h2-3,6H,4H2,1H3,(H,15,16);/q;+1/p-1. The Labute approximate surface area is 170 Å². The average Bonchev–Trinajstić information content (AvgIpc) is 2.36. The number of aliphatic carboxylic acids is 1. The third-order valence-electron chi connectivity index (χ3n) is 3.03. The van der Waals surface area contributed by atoms with Gasteiger partial charge in [0.1, 0.15) is 5.78 Å². The Hall–Kier alpha value is -1.54. The number of nitro groups is 3. The van der Waals surface area contributed by atoms with Gasteiger partial charge >= 0.3 is 51.4 Å². The van der Waals surface area contributed by atoms with E-state index in [1.54, 1.807) is 0 Å². The minimum Gasteiger partial charge on any atom is -0.548 e. The molecular weight excluding hydrogens is 345 g/mol. The SMILES string of the molecule is CC(=O)CC1(C(=O)[O-])C([N+](=O)[O-])=CC([N+](=O)[O-])C=C1[N+](=O)[O-].[K+]. The van der Waals surface area contributed by atoms with Gasteiger partial charge in [-0.25, -0.2) is 0 Å². The van der Waals surface area contributed by atoms with E-state index in [2.05, 4.69) is 0 Å². The summed E-state index contributed by atoms with van der Waals surface area (Å²) < 4.78 is 0. The first kappa shape index (κ1) is 21.5. The van der Waals surface area contributed by atoms with Gasteiger partial charge in [-0.1, -0.05) is 0 Å². The van der Waals surface area contributed by atoms with Gasteiger partial charge < -0.3 is 9.90 Å². The second-order valence-electron chi connectivity index (χ2n) is 4.47. The molecule has 0 aliphatic heterocycles. The molecular formula is C10H8KN3O9. The second kappa shape index (κ2) is 7.83. The normalized spacial score (nSPS) is 22.9. The van der Waals surface area contributed by atoms with Crippen LogP contribution < -0.4 is 56.5 Å². The van der Waals surface area contributed by atoms with E-state index in [1.807, 2.05) is 0 Å². The molecule has 1 aliphatic rings. The summed E-state index contributed by atoms with van der Waals surface area (Å²) in [6.45, 7) is 0.874. The Kier molecular flexibility index (Phi) is 7.30. The Morgan fingerprint density at radius 1 is 1.09 bits per heavy atom. The molecule has 0 amide bonds. The van der Waals surface area contributed by atoms with Crippen molar-refractivity contribution >= 4 is 11.8 Å². The van der Waals surface area contributed by atoms with E-state index in [9.17, 15) is 45.0 Å². The molecule has 0 radical (unpaired) electrons. The molecule has 23 heavy (non-hydrogen) atoms. The fourth-order valence-electron chi connectivity index (χ4n) is 2.18. The molecule has 1 aliphatic carbocycles. The van der Waals surface area contributed by atoms with E-state index in [-0.39, 0.29) is 51.4 Å². The molecule has 0 spiro atoms. The molecule has 0 saturated heterocycles. The van der Waals surface area contributed by atoms with Gasteiger partial charge in [-0.15, -0.1) is 0 Å². The van der Waals surface area contributed by atoms with Crippen molar-refractivity contribution in [2.45, 2.75) is 19.4 Å². The number of carbonyl (C=O) groups excluding carboxylic acids is 2. The van der Waals surface area contributed by atoms with Gasteiger partial charge in [-0.05, 0) is 6.92 Å². The molecule has 1 rings (SSSR count). The number of rotatable bonds is 6. The maximum atomic E-state index is 11.4. The number of hydrogen-bond donors (Lipinski definition) is 0. The van der Waals surface area contributed by atoms with E-state index in [4.69, 9.17) is 0 Å². The van der Waals surface area contributed by atoms with Crippen molar-refractivity contribution < 1.29 is 80.9 Å². The molecule has 0 aromatic heterocycles. The monoisotopic (exact) mass is 353 g/mol. The molecule has 13 heteroatoms. The molecule has 0 heterocycles. The predicted octanol–water partition coefficient (Wildman–Crippen LogP) is -4.31. The number of nitrogens with zero attached hydrogens (tertiary/aromatic N) is 3. The van der Waals surface area contributed by atoms with Gasteiger partial charge in [-0.2, -0.15) is 0 Å². The summed E-state index contributed by atoms with van der Waals surface area (Å²) >= 11 is 0. The van der Waals surface area contributed by atoms with Crippen LogP contribution in [0.1, 0.15) is 13.3 Å². The topological polar surface area (TPSA) is 187 Å². The van der Waals surface area contributed by atoms with Gasteiger partial charge in [0.25, 0.3) is 17.4 Å². The summed E-state index contributed by atoms with van der Waals surface area (Å²) in [5.41, 5.74) is -5.65. The van der Waals surface area contributed by atoms with Gasteiger partial charge in [-0.3, -0.25) is 35.1 Å². The summed E-state index contributed by atoms with van der Waals surface area (Å²) in [5.74, 6) is -3.15. The Bertz CT molecular complexity index is 622. The van der Waals surface area contributed by atoms with Crippen LogP contribution in [0.25, 0.3) is 0 Å². The smallest absolute Gasteiger partial charge is 0.548 e. The van der Waals surface area contributed by atoms with Crippen LogP contribution in [0.2, 0.25) is 0 Å². The van der Waals surface area contributed by atoms with Crippen LogP contribution in [0.15, 0.2) is 23.5 Å². The van der Waals surface area contributed by atoms with Gasteiger partial charge in [0.05, 0.1) is 28.0 Å². The third kappa shape index (κ3) is 4.05. The minimum absolute atomic E-state index is 0. The Morgan fingerprint density at radius 3 is 1.70 bits per heavy atom. The molecule has 0 aromatic carbocycles. The summed E-state index contributed by atoms with van der Waals surface area (Å²) in [7, 11) is 0.